The molecule has 58 valence electrons. The van der Waals surface area contributed by atoms with Gasteiger partial charge in [-0.15, -0.1) is 0 Å². The van der Waals surface area contributed by atoms with Crippen LogP contribution in [0.25, 0.3) is 0 Å². The topological polar surface area (TPSA) is 26.0 Å². The molecule has 2 aliphatic rings. The molecule has 2 fully saturated rings. The number of hydrogen-bond acceptors (Lipinski definition) is 1. The molecule has 10 heavy (non-hydrogen) atoms. The molecule has 0 aromatic carbocycles. The van der Waals surface area contributed by atoms with Crippen molar-refractivity contribution in [1.29, 1.82) is 0 Å². The van der Waals surface area contributed by atoms with Gasteiger partial charge < -0.3 is 5.73 Å². The molecule has 0 saturated heterocycles. The molecule has 1 unspecified atom stereocenters. The maximum absolute atomic E-state index is 5.97. The van der Waals surface area contributed by atoms with E-state index in [0.29, 0.717) is 11.5 Å². The van der Waals surface area contributed by atoms with E-state index >= 15 is 0 Å². The van der Waals surface area contributed by atoms with Crippen LogP contribution >= 0.6 is 0 Å². The molecule has 2 saturated carbocycles. The van der Waals surface area contributed by atoms with Crippen molar-refractivity contribution in [3.63, 3.8) is 0 Å². The lowest BCUT2D eigenvalue weighted by Crippen LogP contribution is -2.35. The molecule has 0 heterocycles. The van der Waals surface area contributed by atoms with E-state index in [-0.39, 0.29) is 0 Å². The average molecular weight is 139 g/mol. The van der Waals surface area contributed by atoms with Gasteiger partial charge in [-0.1, -0.05) is 0 Å². The van der Waals surface area contributed by atoms with Gasteiger partial charge in [-0.25, -0.2) is 0 Å². The van der Waals surface area contributed by atoms with Gasteiger partial charge in [0.1, 0.15) is 0 Å². The van der Waals surface area contributed by atoms with Crippen molar-refractivity contribution in [3.05, 3.63) is 0 Å². The summed E-state index contributed by atoms with van der Waals surface area (Å²) in [6.07, 6.45) is 7.18. The van der Waals surface area contributed by atoms with Gasteiger partial charge in [0.2, 0.25) is 0 Å². The predicted octanol–water partition coefficient (Wildman–Crippen LogP) is 1.91. The molecule has 0 amide bonds. The fourth-order valence-electron chi connectivity index (χ4n) is 2.88. The summed E-state index contributed by atoms with van der Waals surface area (Å²) in [6, 6.07) is 0.444. The van der Waals surface area contributed by atoms with Gasteiger partial charge in [0.25, 0.3) is 0 Å². The molecule has 0 spiro atoms. The van der Waals surface area contributed by atoms with Crippen LogP contribution in [-0.4, -0.2) is 6.04 Å². The van der Waals surface area contributed by atoms with Crippen LogP contribution in [0.5, 0.6) is 0 Å². The molecule has 0 aromatic heterocycles. The van der Waals surface area contributed by atoms with E-state index in [2.05, 4.69) is 6.92 Å². The van der Waals surface area contributed by atoms with Crippen molar-refractivity contribution in [2.24, 2.45) is 17.1 Å². The van der Waals surface area contributed by atoms with E-state index in [4.69, 9.17) is 5.73 Å². The minimum absolute atomic E-state index is 0.444. The quantitative estimate of drug-likeness (QED) is 0.590. The van der Waals surface area contributed by atoms with Crippen LogP contribution in [0, 0.1) is 11.3 Å². The highest BCUT2D eigenvalue weighted by Gasteiger charge is 2.46. The fraction of sp³-hybridized carbons (Fsp3) is 1.00. The Kier molecular flexibility index (Phi) is 1.31. The van der Waals surface area contributed by atoms with Gasteiger partial charge in [0.05, 0.1) is 0 Å². The monoisotopic (exact) mass is 139 g/mol. The van der Waals surface area contributed by atoms with E-state index in [0.717, 1.165) is 5.92 Å². The summed E-state index contributed by atoms with van der Waals surface area (Å²) in [5.74, 6) is 1.05. The first-order valence-electron chi connectivity index (χ1n) is 4.48. The van der Waals surface area contributed by atoms with Crippen molar-refractivity contribution in [3.8, 4) is 0 Å². The fourth-order valence-corrected chi connectivity index (χ4v) is 2.88. The zero-order valence-corrected chi connectivity index (χ0v) is 6.77. The van der Waals surface area contributed by atoms with Crippen molar-refractivity contribution in [1.82, 2.24) is 0 Å². The highest BCUT2D eigenvalue weighted by atomic mass is 14.7. The van der Waals surface area contributed by atoms with Crippen LogP contribution < -0.4 is 5.73 Å². The summed E-state index contributed by atoms with van der Waals surface area (Å²) in [7, 11) is 0. The molecule has 2 bridgehead atoms. The molecule has 2 N–H and O–H groups in total. The first kappa shape index (κ1) is 6.66. The van der Waals surface area contributed by atoms with E-state index in [9.17, 15) is 0 Å². The normalized spacial score (nSPS) is 48.0. The number of fused-ring (bicyclic) bond motifs is 2. The summed E-state index contributed by atoms with van der Waals surface area (Å²) >= 11 is 0. The third-order valence-electron chi connectivity index (χ3n) is 3.76. The lowest BCUT2D eigenvalue weighted by Gasteiger charge is -2.30. The summed E-state index contributed by atoms with van der Waals surface area (Å²) in [6.45, 7) is 2.19. The Bertz CT molecular complexity index is 132. The Morgan fingerprint density at radius 3 is 2.20 bits per heavy atom. The summed E-state index contributed by atoms with van der Waals surface area (Å²) in [5.41, 5.74) is 6.56. The van der Waals surface area contributed by atoms with Gasteiger partial charge in [-0.2, -0.15) is 0 Å². The van der Waals surface area contributed by atoms with E-state index in [1.165, 1.54) is 32.1 Å². The molecular weight excluding hydrogens is 122 g/mol. The Labute approximate surface area is 63.0 Å². The molecule has 2 rings (SSSR count). The van der Waals surface area contributed by atoms with Crippen molar-refractivity contribution >= 4 is 0 Å². The van der Waals surface area contributed by atoms with Gasteiger partial charge in [0.15, 0.2) is 0 Å². The zero-order valence-electron chi connectivity index (χ0n) is 6.77. The Hall–Kier alpha value is -0.0400. The molecule has 1 atom stereocenters. The van der Waals surface area contributed by atoms with Gasteiger partial charge in [-0.3, -0.25) is 0 Å². The summed E-state index contributed by atoms with van der Waals surface area (Å²) < 4.78 is 0. The molecule has 0 aromatic rings. The SMILES string of the molecule is CC(N)C12CCC(CC1)C2. The van der Waals surface area contributed by atoms with Crippen LogP contribution in [0.3, 0.4) is 0 Å². The second kappa shape index (κ2) is 1.97. The molecular formula is C9H17N. The minimum atomic E-state index is 0.444. The van der Waals surface area contributed by atoms with Crippen LogP contribution in [-0.2, 0) is 0 Å². The third kappa shape index (κ3) is 0.731. The number of nitrogens with two attached hydrogens (primary N) is 1. The van der Waals surface area contributed by atoms with E-state index < -0.39 is 0 Å². The maximum Gasteiger partial charge on any atom is 0.00671 e. The third-order valence-corrected chi connectivity index (χ3v) is 3.76. The molecule has 1 nitrogen and oxygen atoms in total. The zero-order chi connectivity index (χ0) is 7.19. The van der Waals surface area contributed by atoms with Gasteiger partial charge in [0, 0.05) is 6.04 Å². The second-order valence-corrected chi connectivity index (χ2v) is 4.30. The van der Waals surface area contributed by atoms with Crippen LogP contribution in [0.4, 0.5) is 0 Å². The standard InChI is InChI=1S/C9H17N/c1-7(10)9-4-2-8(6-9)3-5-9/h7-8H,2-6,10H2,1H3. The molecule has 1 heteroatoms. The van der Waals surface area contributed by atoms with Crippen LogP contribution in [0.1, 0.15) is 39.0 Å². The van der Waals surface area contributed by atoms with Crippen LogP contribution in [0.2, 0.25) is 0 Å². The highest BCUT2D eigenvalue weighted by molar-refractivity contribution is 4.99. The lowest BCUT2D eigenvalue weighted by molar-refractivity contribution is 0.244. The van der Waals surface area contributed by atoms with Crippen molar-refractivity contribution < 1.29 is 0 Å². The Balaban J connectivity index is 2.15. The van der Waals surface area contributed by atoms with Gasteiger partial charge in [-0.05, 0) is 50.4 Å². The predicted molar refractivity (Wildman–Crippen MR) is 42.7 cm³/mol. The first-order valence-corrected chi connectivity index (χ1v) is 4.48. The maximum atomic E-state index is 5.97. The minimum Gasteiger partial charge on any atom is -0.327 e. The van der Waals surface area contributed by atoms with Gasteiger partial charge >= 0.3 is 0 Å². The summed E-state index contributed by atoms with van der Waals surface area (Å²) in [4.78, 5) is 0. The molecule has 2 aliphatic carbocycles. The Morgan fingerprint density at radius 1 is 1.40 bits per heavy atom. The smallest absolute Gasteiger partial charge is 0.00671 e. The van der Waals surface area contributed by atoms with Crippen LogP contribution in [0.15, 0.2) is 0 Å². The van der Waals surface area contributed by atoms with E-state index in [1.54, 1.807) is 0 Å². The lowest BCUT2D eigenvalue weighted by atomic mass is 9.79. The first-order chi connectivity index (χ1) is 4.73. The number of rotatable bonds is 1. The Morgan fingerprint density at radius 2 is 2.00 bits per heavy atom. The molecule has 0 aliphatic heterocycles. The second-order valence-electron chi connectivity index (χ2n) is 4.30. The average Bonchev–Trinajstić information content (AvgIpc) is 2.45. The number of hydrogen-bond donors (Lipinski definition) is 1. The summed E-state index contributed by atoms with van der Waals surface area (Å²) in [5, 5.41) is 0. The highest BCUT2D eigenvalue weighted by Crippen LogP contribution is 2.55. The van der Waals surface area contributed by atoms with E-state index in [1.807, 2.05) is 0 Å². The molecule has 0 radical (unpaired) electrons. The van der Waals surface area contributed by atoms with Crippen molar-refractivity contribution in [2.45, 2.75) is 45.1 Å². The largest absolute Gasteiger partial charge is 0.327 e. The van der Waals surface area contributed by atoms with Crippen molar-refractivity contribution in [2.75, 3.05) is 0 Å².